The number of morpholine rings is 1. The number of hydrogen-bond donors (Lipinski definition) is 2. The molecule has 0 radical (unpaired) electrons. The van der Waals surface area contributed by atoms with Gasteiger partial charge in [-0.25, -0.2) is 13.8 Å². The second kappa shape index (κ2) is 11.3. The molecule has 1 amide bonds. The van der Waals surface area contributed by atoms with E-state index in [0.717, 1.165) is 25.7 Å². The Kier molecular flexibility index (Phi) is 7.70. The van der Waals surface area contributed by atoms with Crippen LogP contribution in [-0.2, 0) is 14.3 Å². The maximum absolute atomic E-state index is 14.0. The van der Waals surface area contributed by atoms with Crippen molar-refractivity contribution in [2.75, 3.05) is 50.2 Å². The molecular formula is C24H30F2N8O3. The number of benzene rings is 1. The summed E-state index contributed by atoms with van der Waals surface area (Å²) in [5.74, 6) is 0.256. The molecule has 2 aromatic heterocycles. The summed E-state index contributed by atoms with van der Waals surface area (Å²) in [7, 11) is 1.49. The number of halogens is 2. The minimum Gasteiger partial charge on any atom is -0.378 e. The van der Waals surface area contributed by atoms with Gasteiger partial charge in [0.15, 0.2) is 5.82 Å². The number of nitrogens with zero attached hydrogens (tertiary/aromatic N) is 6. The number of rotatable bonds is 8. The van der Waals surface area contributed by atoms with E-state index in [1.54, 1.807) is 24.3 Å². The van der Waals surface area contributed by atoms with Gasteiger partial charge in [0.1, 0.15) is 6.61 Å². The SMILES string of the molecule is COCC(=O)N[C@H]1CC[C@H](Nc2nc(N3CCOCC3)nc(-n3c(C(F)F)nc4ccccc43)n2)CC1. The summed E-state index contributed by atoms with van der Waals surface area (Å²) >= 11 is 0. The Balaban J connectivity index is 1.43. The summed E-state index contributed by atoms with van der Waals surface area (Å²) in [6.07, 6.45) is 0.368. The number of carbonyl (C=O) groups excluding carboxylic acids is 1. The van der Waals surface area contributed by atoms with Gasteiger partial charge in [-0.3, -0.25) is 9.36 Å². The summed E-state index contributed by atoms with van der Waals surface area (Å²) in [5.41, 5.74) is 0.935. The van der Waals surface area contributed by atoms with Crippen molar-refractivity contribution >= 4 is 28.8 Å². The fourth-order valence-electron chi connectivity index (χ4n) is 4.79. The quantitative estimate of drug-likeness (QED) is 0.465. The lowest BCUT2D eigenvalue weighted by molar-refractivity contribution is -0.125. The summed E-state index contributed by atoms with van der Waals surface area (Å²) in [6.45, 7) is 2.26. The van der Waals surface area contributed by atoms with Crippen LogP contribution in [0.15, 0.2) is 24.3 Å². The number of aromatic nitrogens is 5. The van der Waals surface area contributed by atoms with Gasteiger partial charge in [-0.05, 0) is 37.8 Å². The molecule has 5 rings (SSSR count). The summed E-state index contributed by atoms with van der Waals surface area (Å²) in [5, 5.41) is 6.36. The number of carbonyl (C=O) groups is 1. The molecule has 2 N–H and O–H groups in total. The molecule has 0 atom stereocenters. The van der Waals surface area contributed by atoms with Gasteiger partial charge in [0.05, 0.1) is 24.2 Å². The molecule has 1 aromatic carbocycles. The first-order valence-electron chi connectivity index (χ1n) is 12.4. The van der Waals surface area contributed by atoms with Crippen LogP contribution in [0, 0.1) is 0 Å². The van der Waals surface area contributed by atoms with Gasteiger partial charge < -0.3 is 25.0 Å². The standard InChI is InChI=1S/C24H30F2N8O3/c1-36-14-19(35)27-15-6-8-16(9-7-15)28-22-30-23(33-10-12-37-13-11-33)32-24(31-22)34-18-5-3-2-4-17(18)29-21(34)20(25)26/h2-5,15-16,20H,6-14H2,1H3,(H,27,35)(H,28,30,31,32)/t15-,16-. The molecular weight excluding hydrogens is 486 g/mol. The number of anilines is 2. The number of hydrogen-bond acceptors (Lipinski definition) is 9. The van der Waals surface area contributed by atoms with Crippen molar-refractivity contribution in [2.24, 2.45) is 0 Å². The molecule has 0 spiro atoms. The Hall–Kier alpha value is -3.45. The normalized spacial score (nSPS) is 20.4. The summed E-state index contributed by atoms with van der Waals surface area (Å²) < 4.78 is 39.7. The molecule has 3 aromatic rings. The fraction of sp³-hybridized carbons (Fsp3) is 0.542. The third kappa shape index (κ3) is 5.77. The van der Waals surface area contributed by atoms with E-state index in [1.807, 2.05) is 4.90 Å². The van der Waals surface area contributed by atoms with E-state index in [-0.39, 0.29) is 30.5 Å². The molecule has 2 aliphatic rings. The number of ether oxygens (including phenoxy) is 2. The average Bonchev–Trinajstić information content (AvgIpc) is 3.31. The van der Waals surface area contributed by atoms with Gasteiger partial charge in [0, 0.05) is 32.3 Å². The first-order chi connectivity index (χ1) is 18.0. The lowest BCUT2D eigenvalue weighted by atomic mass is 9.91. The Labute approximate surface area is 212 Å². The number of imidazole rings is 1. The third-order valence-electron chi connectivity index (χ3n) is 6.59. The molecule has 1 saturated heterocycles. The number of methoxy groups -OCH3 is 1. The van der Waals surface area contributed by atoms with Gasteiger partial charge in [-0.2, -0.15) is 15.0 Å². The van der Waals surface area contributed by atoms with Crippen molar-refractivity contribution in [1.29, 1.82) is 0 Å². The molecule has 3 heterocycles. The van der Waals surface area contributed by atoms with E-state index in [2.05, 4.69) is 30.6 Å². The average molecular weight is 517 g/mol. The third-order valence-corrected chi connectivity index (χ3v) is 6.59. The minimum atomic E-state index is -2.81. The number of amides is 1. The maximum Gasteiger partial charge on any atom is 0.296 e. The van der Waals surface area contributed by atoms with E-state index in [9.17, 15) is 13.6 Å². The molecule has 1 saturated carbocycles. The van der Waals surface area contributed by atoms with E-state index in [1.165, 1.54) is 11.7 Å². The van der Waals surface area contributed by atoms with Crippen LogP contribution in [0.3, 0.4) is 0 Å². The monoisotopic (exact) mass is 516 g/mol. The molecule has 0 unspecified atom stereocenters. The van der Waals surface area contributed by atoms with E-state index >= 15 is 0 Å². The number of alkyl halides is 2. The Morgan fingerprint density at radius 2 is 1.76 bits per heavy atom. The molecule has 1 aliphatic carbocycles. The van der Waals surface area contributed by atoms with E-state index < -0.39 is 12.2 Å². The minimum absolute atomic E-state index is 0.0413. The maximum atomic E-state index is 14.0. The molecule has 198 valence electrons. The number of nitrogens with one attached hydrogen (secondary N) is 2. The molecule has 0 bridgehead atoms. The van der Waals surface area contributed by atoms with Crippen LogP contribution in [0.1, 0.15) is 37.9 Å². The number of fused-ring (bicyclic) bond motifs is 1. The predicted octanol–water partition coefficient (Wildman–Crippen LogP) is 2.47. The Morgan fingerprint density at radius 1 is 1.05 bits per heavy atom. The second-order valence-corrected chi connectivity index (χ2v) is 9.15. The van der Waals surface area contributed by atoms with Crippen LogP contribution >= 0.6 is 0 Å². The van der Waals surface area contributed by atoms with Crippen molar-refractivity contribution < 1.29 is 23.0 Å². The molecule has 2 fully saturated rings. The number of para-hydroxylation sites is 2. The lowest BCUT2D eigenvalue weighted by Gasteiger charge is -2.30. The van der Waals surface area contributed by atoms with Crippen molar-refractivity contribution in [3.8, 4) is 5.95 Å². The van der Waals surface area contributed by atoms with Gasteiger partial charge in [0.25, 0.3) is 6.43 Å². The Morgan fingerprint density at radius 3 is 2.49 bits per heavy atom. The first-order valence-corrected chi connectivity index (χ1v) is 12.4. The van der Waals surface area contributed by atoms with Crippen LogP contribution in [0.2, 0.25) is 0 Å². The van der Waals surface area contributed by atoms with Crippen LogP contribution in [0.25, 0.3) is 17.0 Å². The van der Waals surface area contributed by atoms with Gasteiger partial charge in [0.2, 0.25) is 23.8 Å². The van der Waals surface area contributed by atoms with Crippen LogP contribution in [0.4, 0.5) is 20.7 Å². The van der Waals surface area contributed by atoms with Crippen molar-refractivity contribution in [2.45, 2.75) is 44.2 Å². The zero-order valence-corrected chi connectivity index (χ0v) is 20.6. The summed E-state index contributed by atoms with van der Waals surface area (Å²) in [6, 6.07) is 7.08. The fourth-order valence-corrected chi connectivity index (χ4v) is 4.79. The molecule has 37 heavy (non-hydrogen) atoms. The molecule has 1 aliphatic heterocycles. The zero-order chi connectivity index (χ0) is 25.8. The van der Waals surface area contributed by atoms with Crippen molar-refractivity contribution in [3.63, 3.8) is 0 Å². The van der Waals surface area contributed by atoms with Crippen LogP contribution < -0.4 is 15.5 Å². The zero-order valence-electron chi connectivity index (χ0n) is 20.6. The van der Waals surface area contributed by atoms with Crippen LogP contribution in [-0.4, -0.2) is 82.5 Å². The van der Waals surface area contributed by atoms with Gasteiger partial charge >= 0.3 is 0 Å². The van der Waals surface area contributed by atoms with Gasteiger partial charge in [-0.1, -0.05) is 12.1 Å². The smallest absolute Gasteiger partial charge is 0.296 e. The topological polar surface area (TPSA) is 119 Å². The van der Waals surface area contributed by atoms with Crippen molar-refractivity contribution in [1.82, 2.24) is 29.8 Å². The van der Waals surface area contributed by atoms with E-state index in [0.29, 0.717) is 49.2 Å². The largest absolute Gasteiger partial charge is 0.378 e. The predicted molar refractivity (Wildman–Crippen MR) is 132 cm³/mol. The highest BCUT2D eigenvalue weighted by Gasteiger charge is 2.26. The molecule has 11 nitrogen and oxygen atoms in total. The lowest BCUT2D eigenvalue weighted by Crippen LogP contribution is -2.41. The highest BCUT2D eigenvalue weighted by molar-refractivity contribution is 5.78. The van der Waals surface area contributed by atoms with Crippen LogP contribution in [0.5, 0.6) is 0 Å². The second-order valence-electron chi connectivity index (χ2n) is 9.15. The van der Waals surface area contributed by atoms with E-state index in [4.69, 9.17) is 9.47 Å². The molecule has 13 heteroatoms. The highest BCUT2D eigenvalue weighted by atomic mass is 19.3. The first kappa shape index (κ1) is 25.2. The Bertz CT molecular complexity index is 1230. The highest BCUT2D eigenvalue weighted by Crippen LogP contribution is 2.28. The van der Waals surface area contributed by atoms with Gasteiger partial charge in [-0.15, -0.1) is 0 Å². The summed E-state index contributed by atoms with van der Waals surface area (Å²) in [4.78, 5) is 31.7. The van der Waals surface area contributed by atoms with Crippen molar-refractivity contribution in [3.05, 3.63) is 30.1 Å².